The fourth-order valence-electron chi connectivity index (χ4n) is 8.73. The Morgan fingerprint density at radius 3 is 0.861 bits per heavy atom. The van der Waals surface area contributed by atoms with E-state index in [1.807, 2.05) is 0 Å². The molecular formula is C73H120O6. The van der Waals surface area contributed by atoms with Crippen molar-refractivity contribution < 1.29 is 28.6 Å². The quantitative estimate of drug-likeness (QED) is 0.0261. The second kappa shape index (κ2) is 66.1. The lowest BCUT2D eigenvalue weighted by Crippen LogP contribution is -2.30. The average Bonchev–Trinajstić information content (AvgIpc) is 3.45. The Balaban J connectivity index is 4.52. The first-order valence-electron chi connectivity index (χ1n) is 32.7. The molecule has 1 atom stereocenters. The number of hydrogen-bond donors (Lipinski definition) is 0. The predicted molar refractivity (Wildman–Crippen MR) is 343 cm³/mol. The third-order valence-electron chi connectivity index (χ3n) is 13.6. The first-order chi connectivity index (χ1) is 39.0. The summed E-state index contributed by atoms with van der Waals surface area (Å²) in [6, 6.07) is 0. The fraction of sp³-hybridized carbons (Fsp3) is 0.658. The molecular weight excluding hydrogens is 973 g/mol. The minimum absolute atomic E-state index is 0.106. The molecule has 0 aliphatic carbocycles. The number of rotatable bonds is 58. The average molecular weight is 1090 g/mol. The largest absolute Gasteiger partial charge is 0.462 e. The predicted octanol–water partition coefficient (Wildman–Crippen LogP) is 22.5. The Hall–Kier alpha value is -4.45. The number of allylic oxidation sites excluding steroid dienone is 22. The van der Waals surface area contributed by atoms with Gasteiger partial charge in [-0.25, -0.2) is 0 Å². The second-order valence-electron chi connectivity index (χ2n) is 21.3. The van der Waals surface area contributed by atoms with E-state index in [1.54, 1.807) is 0 Å². The Labute approximate surface area is 487 Å². The third-order valence-corrected chi connectivity index (χ3v) is 13.6. The zero-order chi connectivity index (χ0) is 57.1. The van der Waals surface area contributed by atoms with Crippen molar-refractivity contribution in [1.29, 1.82) is 0 Å². The van der Waals surface area contributed by atoms with Crippen molar-refractivity contribution in [1.82, 2.24) is 0 Å². The maximum atomic E-state index is 12.9. The fourth-order valence-corrected chi connectivity index (χ4v) is 8.73. The number of carbonyl (C=O) groups is 3. The smallest absolute Gasteiger partial charge is 0.306 e. The van der Waals surface area contributed by atoms with Gasteiger partial charge in [0.25, 0.3) is 0 Å². The molecule has 0 aromatic heterocycles. The molecule has 0 saturated heterocycles. The normalized spacial score (nSPS) is 13.0. The van der Waals surface area contributed by atoms with Gasteiger partial charge in [-0.15, -0.1) is 0 Å². The highest BCUT2D eigenvalue weighted by Gasteiger charge is 2.19. The van der Waals surface area contributed by atoms with Crippen molar-refractivity contribution in [2.45, 2.75) is 297 Å². The van der Waals surface area contributed by atoms with Crippen LogP contribution in [0.15, 0.2) is 134 Å². The lowest BCUT2D eigenvalue weighted by molar-refractivity contribution is -0.167. The van der Waals surface area contributed by atoms with E-state index in [1.165, 1.54) is 128 Å². The van der Waals surface area contributed by atoms with Gasteiger partial charge >= 0.3 is 17.9 Å². The number of unbranched alkanes of at least 4 members (excludes halogenated alkanes) is 25. The van der Waals surface area contributed by atoms with Crippen molar-refractivity contribution in [3.63, 3.8) is 0 Å². The minimum Gasteiger partial charge on any atom is -0.462 e. The van der Waals surface area contributed by atoms with E-state index in [2.05, 4.69) is 154 Å². The summed E-state index contributed by atoms with van der Waals surface area (Å²) in [6.07, 6.45) is 93.1. The van der Waals surface area contributed by atoms with Crippen LogP contribution in [0.1, 0.15) is 290 Å². The third kappa shape index (κ3) is 64.3. The van der Waals surface area contributed by atoms with Gasteiger partial charge in [-0.1, -0.05) is 270 Å². The van der Waals surface area contributed by atoms with Gasteiger partial charge in [-0.3, -0.25) is 14.4 Å². The molecule has 0 aliphatic rings. The molecule has 0 aromatic carbocycles. The van der Waals surface area contributed by atoms with E-state index in [0.717, 1.165) is 116 Å². The van der Waals surface area contributed by atoms with E-state index in [4.69, 9.17) is 14.2 Å². The second-order valence-corrected chi connectivity index (χ2v) is 21.3. The lowest BCUT2D eigenvalue weighted by atomic mass is 10.1. The molecule has 0 bridgehead atoms. The van der Waals surface area contributed by atoms with Crippen molar-refractivity contribution in [3.8, 4) is 0 Å². The summed E-state index contributed by atoms with van der Waals surface area (Å²) in [7, 11) is 0. The van der Waals surface area contributed by atoms with Gasteiger partial charge in [-0.05, 0) is 135 Å². The number of hydrogen-bond acceptors (Lipinski definition) is 6. The molecule has 448 valence electrons. The Kier molecular flexibility index (Phi) is 62.3. The highest BCUT2D eigenvalue weighted by atomic mass is 16.6. The first kappa shape index (κ1) is 74.5. The van der Waals surface area contributed by atoms with Crippen LogP contribution in [0.5, 0.6) is 0 Å². The van der Waals surface area contributed by atoms with Crippen LogP contribution in [-0.4, -0.2) is 37.2 Å². The van der Waals surface area contributed by atoms with Crippen LogP contribution in [0.25, 0.3) is 0 Å². The molecule has 0 fully saturated rings. The molecule has 0 heterocycles. The Morgan fingerprint density at radius 2 is 0.506 bits per heavy atom. The maximum absolute atomic E-state index is 12.9. The van der Waals surface area contributed by atoms with Gasteiger partial charge in [0.2, 0.25) is 0 Å². The van der Waals surface area contributed by atoms with Crippen molar-refractivity contribution >= 4 is 17.9 Å². The monoisotopic (exact) mass is 1090 g/mol. The molecule has 0 aliphatic heterocycles. The highest BCUT2D eigenvalue weighted by Crippen LogP contribution is 2.15. The molecule has 0 saturated carbocycles. The summed E-state index contributed by atoms with van der Waals surface area (Å²) in [4.78, 5) is 38.4. The highest BCUT2D eigenvalue weighted by molar-refractivity contribution is 5.71. The standard InChI is InChI=1S/C73H120O6/c1-4-7-10-13-16-19-22-25-28-31-34-35-36-37-40-42-45-48-51-54-57-60-63-66-72(75)78-69-70(79-73(76)67-64-61-58-55-52-49-46-43-39-33-30-27-24-21-18-15-12-9-6-3)68-77-71(74)65-62-59-56-53-50-47-44-41-38-32-29-26-23-20-17-14-11-8-5-2/h7,10,16,18-19,21,25-30,34-35,37,39-40,43,45,48,54,57,70H,4-6,8-9,11-15,17,20,22-24,31-33,36,38,41-42,44,46-47,49-53,55-56,58-69H2,1-3H3/b10-7-,19-16-,21-18-,28-25-,29-26-,30-27-,35-34-,40-37-,43-39-,48-45-,57-54-. The molecule has 6 nitrogen and oxygen atoms in total. The number of ether oxygens (including phenoxy) is 3. The number of carbonyl (C=O) groups excluding carboxylic acids is 3. The van der Waals surface area contributed by atoms with Crippen LogP contribution in [0, 0.1) is 0 Å². The SMILES string of the molecule is CC/C=C\C/C=C\C/C=C\C/C=C\C/C=C\C/C=C\C/C=C\CCCC(=O)OCC(COC(=O)CCCCCCCCCCC/C=C\CCCCCCCC)OC(=O)CCCCCCCC/C=C\C/C=C\C/C=C\CCCCC. The van der Waals surface area contributed by atoms with E-state index in [-0.39, 0.29) is 37.5 Å². The van der Waals surface area contributed by atoms with Gasteiger partial charge in [-0.2, -0.15) is 0 Å². The van der Waals surface area contributed by atoms with Crippen LogP contribution >= 0.6 is 0 Å². The van der Waals surface area contributed by atoms with E-state index >= 15 is 0 Å². The zero-order valence-corrected chi connectivity index (χ0v) is 51.3. The summed E-state index contributed by atoms with van der Waals surface area (Å²) in [5.41, 5.74) is 0. The molecule has 0 N–H and O–H groups in total. The van der Waals surface area contributed by atoms with Gasteiger partial charge in [0, 0.05) is 19.3 Å². The summed E-state index contributed by atoms with van der Waals surface area (Å²) in [5, 5.41) is 0. The minimum atomic E-state index is -0.816. The van der Waals surface area contributed by atoms with Crippen LogP contribution in [0.3, 0.4) is 0 Å². The number of esters is 3. The lowest BCUT2D eigenvalue weighted by Gasteiger charge is -2.18. The topological polar surface area (TPSA) is 78.9 Å². The molecule has 0 aromatic rings. The maximum Gasteiger partial charge on any atom is 0.306 e. The molecule has 0 rings (SSSR count). The molecule has 0 amide bonds. The van der Waals surface area contributed by atoms with Gasteiger partial charge in [0.15, 0.2) is 6.10 Å². The van der Waals surface area contributed by atoms with E-state index < -0.39 is 6.10 Å². The zero-order valence-electron chi connectivity index (χ0n) is 51.3. The van der Waals surface area contributed by atoms with Crippen molar-refractivity contribution in [2.24, 2.45) is 0 Å². The Bertz CT molecular complexity index is 1680. The van der Waals surface area contributed by atoms with Gasteiger partial charge < -0.3 is 14.2 Å². The summed E-state index contributed by atoms with van der Waals surface area (Å²) < 4.78 is 16.9. The summed E-state index contributed by atoms with van der Waals surface area (Å²) in [6.45, 7) is 6.45. The van der Waals surface area contributed by atoms with E-state index in [9.17, 15) is 14.4 Å². The van der Waals surface area contributed by atoms with Crippen LogP contribution in [0.2, 0.25) is 0 Å². The first-order valence-corrected chi connectivity index (χ1v) is 32.7. The molecule has 0 radical (unpaired) electrons. The summed E-state index contributed by atoms with van der Waals surface area (Å²) in [5.74, 6) is -0.979. The molecule has 6 heteroatoms. The molecule has 79 heavy (non-hydrogen) atoms. The van der Waals surface area contributed by atoms with Gasteiger partial charge in [0.05, 0.1) is 0 Å². The van der Waals surface area contributed by atoms with Crippen LogP contribution < -0.4 is 0 Å². The van der Waals surface area contributed by atoms with E-state index in [0.29, 0.717) is 19.3 Å². The molecule has 1 unspecified atom stereocenters. The summed E-state index contributed by atoms with van der Waals surface area (Å²) >= 11 is 0. The Morgan fingerprint density at radius 1 is 0.266 bits per heavy atom. The van der Waals surface area contributed by atoms with Crippen molar-refractivity contribution in [3.05, 3.63) is 134 Å². The molecule has 0 spiro atoms. The van der Waals surface area contributed by atoms with Crippen molar-refractivity contribution in [2.75, 3.05) is 13.2 Å². The van der Waals surface area contributed by atoms with Crippen LogP contribution in [0.4, 0.5) is 0 Å². The van der Waals surface area contributed by atoms with Crippen LogP contribution in [-0.2, 0) is 28.6 Å². The van der Waals surface area contributed by atoms with Gasteiger partial charge in [0.1, 0.15) is 13.2 Å².